The van der Waals surface area contributed by atoms with Crippen LogP contribution in [0.25, 0.3) is 0 Å². The minimum atomic E-state index is 0.0797. The first-order chi connectivity index (χ1) is 10.1. The summed E-state index contributed by atoms with van der Waals surface area (Å²) in [5.74, 6) is 2.29. The van der Waals surface area contributed by atoms with Gasteiger partial charge in [0.2, 0.25) is 0 Å². The largest absolute Gasteiger partial charge is 0.396 e. The summed E-state index contributed by atoms with van der Waals surface area (Å²) in [5, 5.41) is 12.2. The molecule has 1 aliphatic carbocycles. The molecule has 3 atom stereocenters. The van der Waals surface area contributed by atoms with Crippen molar-refractivity contribution in [1.29, 1.82) is 0 Å². The Balaban J connectivity index is 1.76. The number of carbonyl (C=O) groups excluding carboxylic acids is 1. The lowest BCUT2D eigenvalue weighted by atomic mass is 9.86. The van der Waals surface area contributed by atoms with Gasteiger partial charge in [0.25, 0.3) is 0 Å². The number of rotatable bonds is 6. The normalized spacial score (nSPS) is 26.0. The average molecular weight is 294 g/mol. The number of hydrogen-bond acceptors (Lipinski definition) is 2. The first kappa shape index (κ1) is 16.3. The lowest BCUT2D eigenvalue weighted by Gasteiger charge is -2.22. The van der Waals surface area contributed by atoms with Gasteiger partial charge in [0.15, 0.2) is 0 Å². The fourth-order valence-electron chi connectivity index (χ4n) is 3.68. The lowest BCUT2D eigenvalue weighted by molar-refractivity contribution is 0.198. The molecule has 0 unspecified atom stereocenters. The Labute approximate surface area is 128 Å². The van der Waals surface area contributed by atoms with Crippen molar-refractivity contribution >= 4 is 6.03 Å². The number of aliphatic hydroxyl groups excluding tert-OH is 1. The topological polar surface area (TPSA) is 52.6 Å². The summed E-state index contributed by atoms with van der Waals surface area (Å²) in [6, 6.07) is 0.0797. The number of likely N-dealkylation sites (tertiary alicyclic amines) is 1. The van der Waals surface area contributed by atoms with Crippen LogP contribution in [0.1, 0.15) is 39.5 Å². The van der Waals surface area contributed by atoms with E-state index >= 15 is 0 Å². The number of carbonyl (C=O) groups is 1. The number of nitrogens with zero attached hydrogens (tertiary/aromatic N) is 1. The van der Waals surface area contributed by atoms with Crippen LogP contribution in [0.15, 0.2) is 12.2 Å². The number of amides is 2. The molecule has 1 heterocycles. The maximum atomic E-state index is 12.3. The summed E-state index contributed by atoms with van der Waals surface area (Å²) < 4.78 is 0. The van der Waals surface area contributed by atoms with Gasteiger partial charge in [-0.3, -0.25) is 0 Å². The van der Waals surface area contributed by atoms with Crippen LogP contribution in [0, 0.1) is 23.7 Å². The Morgan fingerprint density at radius 1 is 1.29 bits per heavy atom. The van der Waals surface area contributed by atoms with Crippen LogP contribution in [0.3, 0.4) is 0 Å². The molecule has 0 saturated carbocycles. The molecule has 0 aromatic carbocycles. The zero-order chi connectivity index (χ0) is 15.2. The summed E-state index contributed by atoms with van der Waals surface area (Å²) in [6.07, 6.45) is 8.57. The van der Waals surface area contributed by atoms with Gasteiger partial charge in [-0.2, -0.15) is 0 Å². The maximum absolute atomic E-state index is 12.3. The van der Waals surface area contributed by atoms with E-state index in [2.05, 4.69) is 31.3 Å². The second-order valence-corrected chi connectivity index (χ2v) is 7.06. The minimum absolute atomic E-state index is 0.0797. The molecule has 1 aliphatic heterocycles. The van der Waals surface area contributed by atoms with Crippen LogP contribution in [0.2, 0.25) is 0 Å². The molecule has 2 rings (SSSR count). The fraction of sp³-hybridized carbons (Fsp3) is 0.824. The maximum Gasteiger partial charge on any atom is 0.317 e. The first-order valence-electron chi connectivity index (χ1n) is 8.38. The van der Waals surface area contributed by atoms with Gasteiger partial charge in [-0.05, 0) is 49.4 Å². The van der Waals surface area contributed by atoms with Crippen molar-refractivity contribution in [3.8, 4) is 0 Å². The molecule has 0 aromatic heterocycles. The van der Waals surface area contributed by atoms with E-state index in [-0.39, 0.29) is 12.6 Å². The van der Waals surface area contributed by atoms with Crippen LogP contribution in [0.4, 0.5) is 4.79 Å². The van der Waals surface area contributed by atoms with E-state index in [4.69, 9.17) is 5.11 Å². The second kappa shape index (κ2) is 7.83. The van der Waals surface area contributed by atoms with E-state index in [1.807, 2.05) is 4.90 Å². The minimum Gasteiger partial charge on any atom is -0.396 e. The van der Waals surface area contributed by atoms with E-state index < -0.39 is 0 Å². The molecule has 0 radical (unpaired) electrons. The fourth-order valence-corrected chi connectivity index (χ4v) is 3.68. The summed E-state index contributed by atoms with van der Waals surface area (Å²) in [4.78, 5) is 14.3. The van der Waals surface area contributed by atoms with Crippen LogP contribution in [-0.2, 0) is 0 Å². The molecule has 0 bridgehead atoms. The molecule has 4 heteroatoms. The van der Waals surface area contributed by atoms with Crippen molar-refractivity contribution < 1.29 is 9.90 Å². The predicted molar refractivity (Wildman–Crippen MR) is 85.0 cm³/mol. The van der Waals surface area contributed by atoms with Crippen molar-refractivity contribution in [2.45, 2.75) is 39.5 Å². The van der Waals surface area contributed by atoms with E-state index in [0.717, 1.165) is 38.8 Å². The van der Waals surface area contributed by atoms with E-state index in [0.29, 0.717) is 30.2 Å². The third kappa shape index (κ3) is 4.73. The highest BCUT2D eigenvalue weighted by molar-refractivity contribution is 5.74. The van der Waals surface area contributed by atoms with Crippen LogP contribution < -0.4 is 5.32 Å². The van der Waals surface area contributed by atoms with Crippen LogP contribution in [-0.4, -0.2) is 42.3 Å². The number of fused-ring (bicyclic) bond motifs is 1. The molecule has 2 amide bonds. The van der Waals surface area contributed by atoms with Gasteiger partial charge in [-0.15, -0.1) is 0 Å². The Hall–Kier alpha value is -1.03. The van der Waals surface area contributed by atoms with Crippen molar-refractivity contribution in [2.24, 2.45) is 23.7 Å². The molecule has 4 nitrogen and oxygen atoms in total. The highest BCUT2D eigenvalue weighted by Gasteiger charge is 2.35. The van der Waals surface area contributed by atoms with Gasteiger partial charge in [-0.25, -0.2) is 4.79 Å². The molecule has 1 saturated heterocycles. The lowest BCUT2D eigenvalue weighted by Crippen LogP contribution is -2.41. The average Bonchev–Trinajstić information content (AvgIpc) is 2.88. The number of urea groups is 1. The Bertz CT molecular complexity index is 352. The molecule has 2 N–H and O–H groups in total. The van der Waals surface area contributed by atoms with Gasteiger partial charge in [0, 0.05) is 26.2 Å². The molecule has 120 valence electrons. The molecule has 0 aromatic rings. The van der Waals surface area contributed by atoms with Crippen molar-refractivity contribution in [1.82, 2.24) is 10.2 Å². The molecule has 1 fully saturated rings. The van der Waals surface area contributed by atoms with Crippen LogP contribution in [0.5, 0.6) is 0 Å². The second-order valence-electron chi connectivity index (χ2n) is 7.06. The van der Waals surface area contributed by atoms with E-state index in [1.54, 1.807) is 0 Å². The summed E-state index contributed by atoms with van der Waals surface area (Å²) in [6.45, 7) is 7.05. The summed E-state index contributed by atoms with van der Waals surface area (Å²) in [5.41, 5.74) is 0. The summed E-state index contributed by atoms with van der Waals surface area (Å²) in [7, 11) is 0. The number of nitrogens with one attached hydrogen (secondary N) is 1. The number of allylic oxidation sites excluding steroid dienone is 2. The van der Waals surface area contributed by atoms with Crippen LogP contribution >= 0.6 is 0 Å². The number of hydrogen-bond donors (Lipinski definition) is 2. The SMILES string of the molecule is CC(C)C[C@H](CCO)CNC(=O)N1C[C@H]2CC=CC[C@H]2C1. The third-order valence-corrected chi connectivity index (χ3v) is 4.79. The van der Waals surface area contributed by atoms with Gasteiger partial charge >= 0.3 is 6.03 Å². The third-order valence-electron chi connectivity index (χ3n) is 4.79. The van der Waals surface area contributed by atoms with Crippen molar-refractivity contribution in [3.05, 3.63) is 12.2 Å². The van der Waals surface area contributed by atoms with Gasteiger partial charge in [-0.1, -0.05) is 26.0 Å². The zero-order valence-corrected chi connectivity index (χ0v) is 13.4. The summed E-state index contributed by atoms with van der Waals surface area (Å²) >= 11 is 0. The molecule has 2 aliphatic rings. The zero-order valence-electron chi connectivity index (χ0n) is 13.4. The Morgan fingerprint density at radius 3 is 2.43 bits per heavy atom. The van der Waals surface area contributed by atoms with E-state index in [9.17, 15) is 4.79 Å². The molecular weight excluding hydrogens is 264 g/mol. The van der Waals surface area contributed by atoms with Crippen molar-refractivity contribution in [3.63, 3.8) is 0 Å². The van der Waals surface area contributed by atoms with Gasteiger partial charge in [0.1, 0.15) is 0 Å². The smallest absolute Gasteiger partial charge is 0.317 e. The van der Waals surface area contributed by atoms with Gasteiger partial charge in [0.05, 0.1) is 0 Å². The monoisotopic (exact) mass is 294 g/mol. The first-order valence-corrected chi connectivity index (χ1v) is 8.38. The highest BCUT2D eigenvalue weighted by Crippen LogP contribution is 2.32. The Kier molecular flexibility index (Phi) is 6.09. The molecule has 0 spiro atoms. The van der Waals surface area contributed by atoms with Gasteiger partial charge < -0.3 is 15.3 Å². The quantitative estimate of drug-likeness (QED) is 0.740. The molecule has 21 heavy (non-hydrogen) atoms. The Morgan fingerprint density at radius 2 is 1.90 bits per heavy atom. The van der Waals surface area contributed by atoms with E-state index in [1.165, 1.54) is 0 Å². The standard InChI is InChI=1S/C17H30N2O2/c1-13(2)9-14(7-8-20)10-18-17(21)19-11-15-5-3-4-6-16(15)12-19/h3-4,13-16,20H,5-12H2,1-2H3,(H,18,21)/t14-,15-,16+/m0/s1. The number of aliphatic hydroxyl groups is 1. The highest BCUT2D eigenvalue weighted by atomic mass is 16.3. The predicted octanol–water partition coefficient (Wildman–Crippen LogP) is 2.64. The molecular formula is C17H30N2O2. The van der Waals surface area contributed by atoms with Crippen molar-refractivity contribution in [2.75, 3.05) is 26.2 Å².